The summed E-state index contributed by atoms with van der Waals surface area (Å²) < 4.78 is 2.73. The summed E-state index contributed by atoms with van der Waals surface area (Å²) in [4.78, 5) is 4.72. The summed E-state index contributed by atoms with van der Waals surface area (Å²) in [5, 5.41) is 0. The van der Waals surface area contributed by atoms with Crippen molar-refractivity contribution in [3.63, 3.8) is 0 Å². The molecule has 1 aromatic carbocycles. The van der Waals surface area contributed by atoms with Crippen LogP contribution in [-0.2, 0) is 12.4 Å². The zero-order valence-electron chi connectivity index (χ0n) is 12.2. The van der Waals surface area contributed by atoms with Gasteiger partial charge in [0.1, 0.15) is 5.82 Å². The van der Waals surface area contributed by atoms with E-state index in [9.17, 15) is 0 Å². The van der Waals surface area contributed by atoms with E-state index in [0.29, 0.717) is 10.6 Å². The molecule has 1 aromatic heterocycles. The third kappa shape index (κ3) is 2.46. The first-order valence-electron chi connectivity index (χ1n) is 7.24. The number of hydrogen-bond acceptors (Lipinski definition) is 2. The minimum Gasteiger partial charge on any atom is -0.326 e. The number of imidazole rings is 1. The van der Waals surface area contributed by atoms with E-state index in [1.165, 1.54) is 36.8 Å². The number of aryl methyl sites for hydroxylation is 1. The van der Waals surface area contributed by atoms with Crippen molar-refractivity contribution < 1.29 is 0 Å². The number of hydrogen-bond donors (Lipinski definition) is 0. The van der Waals surface area contributed by atoms with Gasteiger partial charge in [0.15, 0.2) is 0 Å². The average molecular weight is 309 g/mol. The van der Waals surface area contributed by atoms with E-state index in [1.807, 2.05) is 11.8 Å². The molecule has 0 amide bonds. The van der Waals surface area contributed by atoms with Crippen LogP contribution in [0, 0.1) is 6.92 Å². The number of nitrogens with zero attached hydrogens (tertiary/aromatic N) is 2. The molecular formula is C16H21ClN2S. The fourth-order valence-electron chi connectivity index (χ4n) is 3.30. The van der Waals surface area contributed by atoms with Crippen molar-refractivity contribution in [2.45, 2.75) is 49.8 Å². The smallest absolute Gasteiger partial charge is 0.124 e. The zero-order chi connectivity index (χ0) is 14.2. The number of fused-ring (bicyclic) bond motifs is 1. The zero-order valence-corrected chi connectivity index (χ0v) is 13.7. The summed E-state index contributed by atoms with van der Waals surface area (Å²) in [7, 11) is 0. The fourth-order valence-corrected chi connectivity index (χ4v) is 4.46. The van der Waals surface area contributed by atoms with Crippen LogP contribution in [0.1, 0.15) is 37.1 Å². The molecule has 0 radical (unpaired) electrons. The first-order valence-corrected chi connectivity index (χ1v) is 9.00. The highest BCUT2D eigenvalue weighted by molar-refractivity contribution is 8.00. The van der Waals surface area contributed by atoms with Crippen LogP contribution in [0.2, 0.25) is 0 Å². The van der Waals surface area contributed by atoms with Gasteiger partial charge < -0.3 is 4.57 Å². The van der Waals surface area contributed by atoms with Crippen LogP contribution in [0.3, 0.4) is 0 Å². The summed E-state index contributed by atoms with van der Waals surface area (Å²) in [5.41, 5.74) is 3.56. The highest BCUT2D eigenvalue weighted by atomic mass is 35.5. The number of rotatable bonds is 4. The van der Waals surface area contributed by atoms with Gasteiger partial charge >= 0.3 is 0 Å². The van der Waals surface area contributed by atoms with Crippen LogP contribution < -0.4 is 0 Å². The van der Waals surface area contributed by atoms with Gasteiger partial charge in [-0.3, -0.25) is 0 Å². The molecular weight excluding hydrogens is 288 g/mol. The van der Waals surface area contributed by atoms with Gasteiger partial charge in [-0.1, -0.05) is 18.9 Å². The molecule has 20 heavy (non-hydrogen) atoms. The number of aromatic nitrogens is 2. The monoisotopic (exact) mass is 308 g/mol. The van der Waals surface area contributed by atoms with Crippen LogP contribution >= 0.6 is 23.4 Å². The van der Waals surface area contributed by atoms with Crippen molar-refractivity contribution in [1.29, 1.82) is 0 Å². The quantitative estimate of drug-likeness (QED) is 0.758. The number of benzene rings is 1. The lowest BCUT2D eigenvalue weighted by Gasteiger charge is -2.28. The molecule has 3 rings (SSSR count). The Morgan fingerprint density at radius 1 is 1.35 bits per heavy atom. The molecule has 0 bridgehead atoms. The lowest BCUT2D eigenvalue weighted by molar-refractivity contribution is 0.505. The van der Waals surface area contributed by atoms with Crippen LogP contribution in [0.4, 0.5) is 0 Å². The van der Waals surface area contributed by atoms with E-state index in [0.717, 1.165) is 17.9 Å². The topological polar surface area (TPSA) is 17.8 Å². The van der Waals surface area contributed by atoms with E-state index < -0.39 is 0 Å². The van der Waals surface area contributed by atoms with Crippen molar-refractivity contribution in [2.75, 3.05) is 6.26 Å². The van der Waals surface area contributed by atoms with Crippen molar-refractivity contribution in [3.8, 4) is 0 Å². The summed E-state index contributed by atoms with van der Waals surface area (Å²) >= 11 is 8.14. The average Bonchev–Trinajstić information content (AvgIpc) is 3.04. The highest BCUT2D eigenvalue weighted by Crippen LogP contribution is 2.42. The molecule has 108 valence electrons. The molecule has 4 heteroatoms. The Kier molecular flexibility index (Phi) is 4.00. The minimum atomic E-state index is 0.374. The molecule has 1 fully saturated rings. The Morgan fingerprint density at radius 3 is 2.75 bits per heavy atom. The van der Waals surface area contributed by atoms with Gasteiger partial charge in [0.05, 0.1) is 16.9 Å². The minimum absolute atomic E-state index is 0.374. The van der Waals surface area contributed by atoms with E-state index >= 15 is 0 Å². The number of thioether (sulfide) groups is 1. The van der Waals surface area contributed by atoms with E-state index in [4.69, 9.17) is 16.6 Å². The second-order valence-corrected chi connectivity index (χ2v) is 7.38. The predicted octanol–water partition coefficient (Wildman–Crippen LogP) is 4.76. The maximum absolute atomic E-state index is 6.13. The summed E-state index contributed by atoms with van der Waals surface area (Å²) in [6.07, 6.45) is 7.56. The highest BCUT2D eigenvalue weighted by Gasteiger charge is 2.34. The van der Waals surface area contributed by atoms with Crippen LogP contribution in [0.15, 0.2) is 18.2 Å². The molecule has 0 spiro atoms. The largest absolute Gasteiger partial charge is 0.326 e. The normalized spacial score (nSPS) is 17.9. The second kappa shape index (κ2) is 5.61. The molecule has 2 nitrogen and oxygen atoms in total. The van der Waals surface area contributed by atoms with Gasteiger partial charge in [0.2, 0.25) is 0 Å². The molecule has 0 unspecified atom stereocenters. The first kappa shape index (κ1) is 14.3. The molecule has 0 saturated heterocycles. The van der Waals surface area contributed by atoms with Gasteiger partial charge in [-0.25, -0.2) is 4.98 Å². The standard InChI is InChI=1S/C16H21ClN2S/c1-12-5-6-14-13(9-12)18-15(10-17)19(14)11-16(20-2)7-3-4-8-16/h5-6,9H,3-4,7-8,10-11H2,1-2H3. The van der Waals surface area contributed by atoms with Gasteiger partial charge in [-0.2, -0.15) is 11.8 Å². The van der Waals surface area contributed by atoms with Crippen molar-refractivity contribution in [1.82, 2.24) is 9.55 Å². The Bertz CT molecular complexity index is 614. The van der Waals surface area contributed by atoms with Crippen molar-refractivity contribution in [2.24, 2.45) is 0 Å². The maximum Gasteiger partial charge on any atom is 0.124 e. The Balaban J connectivity index is 2.05. The van der Waals surface area contributed by atoms with Gasteiger partial charge in [-0.15, -0.1) is 11.6 Å². The third-order valence-corrected chi connectivity index (χ3v) is 6.14. The van der Waals surface area contributed by atoms with Gasteiger partial charge in [-0.05, 0) is 43.7 Å². The molecule has 1 saturated carbocycles. The Hall–Kier alpha value is -0.670. The van der Waals surface area contributed by atoms with Crippen molar-refractivity contribution in [3.05, 3.63) is 29.6 Å². The molecule has 0 N–H and O–H groups in total. The lowest BCUT2D eigenvalue weighted by atomic mass is 10.1. The summed E-state index contributed by atoms with van der Waals surface area (Å²) in [5.74, 6) is 1.49. The second-order valence-electron chi connectivity index (χ2n) is 5.83. The third-order valence-electron chi connectivity index (χ3n) is 4.50. The molecule has 0 aliphatic heterocycles. The summed E-state index contributed by atoms with van der Waals surface area (Å²) in [6, 6.07) is 6.51. The first-order chi connectivity index (χ1) is 9.67. The van der Waals surface area contributed by atoms with Crippen LogP contribution in [0.25, 0.3) is 11.0 Å². The van der Waals surface area contributed by atoms with E-state index in [2.05, 4.69) is 35.9 Å². The van der Waals surface area contributed by atoms with E-state index in [-0.39, 0.29) is 0 Å². The Labute approximate surface area is 129 Å². The molecule has 1 aliphatic rings. The molecule has 1 heterocycles. The lowest BCUT2D eigenvalue weighted by Crippen LogP contribution is -2.27. The molecule has 1 aliphatic carbocycles. The fraction of sp³-hybridized carbons (Fsp3) is 0.562. The van der Waals surface area contributed by atoms with Crippen molar-refractivity contribution >= 4 is 34.4 Å². The molecule has 0 atom stereocenters. The molecule has 2 aromatic rings. The maximum atomic E-state index is 6.13. The SMILES string of the molecule is CSC1(Cn2c(CCl)nc3cc(C)ccc32)CCCC1. The van der Waals surface area contributed by atoms with Gasteiger partial charge in [0.25, 0.3) is 0 Å². The Morgan fingerprint density at radius 2 is 2.10 bits per heavy atom. The van der Waals surface area contributed by atoms with Crippen LogP contribution in [0.5, 0.6) is 0 Å². The van der Waals surface area contributed by atoms with E-state index in [1.54, 1.807) is 0 Å². The summed E-state index contributed by atoms with van der Waals surface area (Å²) in [6.45, 7) is 3.15. The van der Waals surface area contributed by atoms with Gasteiger partial charge in [0, 0.05) is 11.3 Å². The predicted molar refractivity (Wildman–Crippen MR) is 88.7 cm³/mol. The van der Waals surface area contributed by atoms with Crippen LogP contribution in [-0.4, -0.2) is 20.6 Å². The number of alkyl halides is 1. The number of halogens is 1.